The molecule has 0 radical (unpaired) electrons. The Kier molecular flexibility index (Phi) is 5.06. The summed E-state index contributed by atoms with van der Waals surface area (Å²) >= 11 is 0. The predicted octanol–water partition coefficient (Wildman–Crippen LogP) is 3.89. The third kappa shape index (κ3) is 3.54. The van der Waals surface area contributed by atoms with Crippen LogP contribution in [0, 0.1) is 15.9 Å². The van der Waals surface area contributed by atoms with E-state index in [4.69, 9.17) is 0 Å². The zero-order valence-corrected chi connectivity index (χ0v) is 11.8. The van der Waals surface area contributed by atoms with Gasteiger partial charge in [0, 0.05) is 18.7 Å². The lowest BCUT2D eigenvalue weighted by molar-refractivity contribution is -0.387. The predicted molar refractivity (Wildman–Crippen MR) is 76.0 cm³/mol. The second-order valence-corrected chi connectivity index (χ2v) is 5.40. The van der Waals surface area contributed by atoms with Crippen LogP contribution in [0.15, 0.2) is 18.2 Å². The van der Waals surface area contributed by atoms with E-state index in [1.165, 1.54) is 44.2 Å². The van der Waals surface area contributed by atoms with Crippen LogP contribution in [0.25, 0.3) is 0 Å². The van der Waals surface area contributed by atoms with Crippen molar-refractivity contribution >= 4 is 5.69 Å². The average Bonchev–Trinajstić information content (AvgIpc) is 2.45. The minimum atomic E-state index is -0.743. The molecule has 20 heavy (non-hydrogen) atoms. The van der Waals surface area contributed by atoms with Crippen LogP contribution in [0.1, 0.15) is 44.6 Å². The Morgan fingerprint density at radius 2 is 2.05 bits per heavy atom. The first kappa shape index (κ1) is 14.9. The number of nitro benzene ring substituents is 1. The van der Waals surface area contributed by atoms with Gasteiger partial charge in [-0.3, -0.25) is 15.0 Å². The van der Waals surface area contributed by atoms with Crippen molar-refractivity contribution in [3.63, 3.8) is 0 Å². The van der Waals surface area contributed by atoms with Gasteiger partial charge >= 0.3 is 5.69 Å². The Morgan fingerprint density at radius 1 is 1.35 bits per heavy atom. The maximum Gasteiger partial charge on any atom is 0.304 e. The van der Waals surface area contributed by atoms with Crippen LogP contribution in [0.5, 0.6) is 0 Å². The monoisotopic (exact) mass is 280 g/mol. The van der Waals surface area contributed by atoms with Crippen molar-refractivity contribution in [3.8, 4) is 0 Å². The lowest BCUT2D eigenvalue weighted by Crippen LogP contribution is -2.36. The summed E-state index contributed by atoms with van der Waals surface area (Å²) in [7, 11) is 0. The molecule has 1 fully saturated rings. The normalized spacial score (nSPS) is 16.6. The van der Waals surface area contributed by atoms with Gasteiger partial charge in [0.1, 0.15) is 0 Å². The van der Waals surface area contributed by atoms with Crippen LogP contribution < -0.4 is 0 Å². The number of benzene rings is 1. The largest absolute Gasteiger partial charge is 0.304 e. The molecule has 2 rings (SSSR count). The molecule has 0 saturated heterocycles. The molecule has 0 N–H and O–H groups in total. The van der Waals surface area contributed by atoms with Gasteiger partial charge in [-0.1, -0.05) is 32.3 Å². The maximum absolute atomic E-state index is 13.6. The fourth-order valence-electron chi connectivity index (χ4n) is 2.98. The van der Waals surface area contributed by atoms with E-state index in [-0.39, 0.29) is 0 Å². The summed E-state index contributed by atoms with van der Waals surface area (Å²) in [5, 5.41) is 10.6. The first-order chi connectivity index (χ1) is 9.61. The molecule has 0 bridgehead atoms. The molecule has 1 saturated carbocycles. The van der Waals surface area contributed by atoms with E-state index < -0.39 is 16.4 Å². The van der Waals surface area contributed by atoms with E-state index in [1.807, 2.05) is 0 Å². The zero-order chi connectivity index (χ0) is 14.5. The van der Waals surface area contributed by atoms with E-state index in [0.29, 0.717) is 12.6 Å². The van der Waals surface area contributed by atoms with Crippen LogP contribution in [0.2, 0.25) is 0 Å². The highest BCUT2D eigenvalue weighted by Crippen LogP contribution is 2.25. The molecular weight excluding hydrogens is 259 g/mol. The van der Waals surface area contributed by atoms with Crippen molar-refractivity contribution in [2.45, 2.75) is 51.6 Å². The van der Waals surface area contributed by atoms with Crippen molar-refractivity contribution in [2.24, 2.45) is 0 Å². The Bertz CT molecular complexity index is 473. The summed E-state index contributed by atoms with van der Waals surface area (Å²) in [4.78, 5) is 12.3. The van der Waals surface area contributed by atoms with E-state index in [2.05, 4.69) is 11.8 Å². The Labute approximate surface area is 118 Å². The molecule has 0 spiro atoms. The van der Waals surface area contributed by atoms with E-state index in [1.54, 1.807) is 6.07 Å². The third-order valence-corrected chi connectivity index (χ3v) is 4.09. The molecule has 0 unspecified atom stereocenters. The third-order valence-electron chi connectivity index (χ3n) is 4.09. The fourth-order valence-corrected chi connectivity index (χ4v) is 2.98. The lowest BCUT2D eigenvalue weighted by Gasteiger charge is -2.33. The van der Waals surface area contributed by atoms with Crippen LogP contribution in [0.3, 0.4) is 0 Å². The molecule has 1 aliphatic carbocycles. The number of nitrogens with zero attached hydrogens (tertiary/aromatic N) is 2. The van der Waals surface area contributed by atoms with Crippen LogP contribution >= 0.6 is 0 Å². The Balaban J connectivity index is 2.07. The molecule has 0 heterocycles. The van der Waals surface area contributed by atoms with Gasteiger partial charge in [0.05, 0.1) is 4.92 Å². The molecule has 1 aromatic carbocycles. The second-order valence-electron chi connectivity index (χ2n) is 5.40. The Morgan fingerprint density at radius 3 is 2.60 bits per heavy atom. The second kappa shape index (κ2) is 6.79. The number of halogens is 1. The van der Waals surface area contributed by atoms with Gasteiger partial charge in [0.25, 0.3) is 0 Å². The van der Waals surface area contributed by atoms with Gasteiger partial charge in [-0.25, -0.2) is 0 Å². The first-order valence-corrected chi connectivity index (χ1v) is 7.28. The van der Waals surface area contributed by atoms with Crippen molar-refractivity contribution in [1.29, 1.82) is 0 Å². The van der Waals surface area contributed by atoms with E-state index in [0.717, 1.165) is 12.1 Å². The summed E-state index contributed by atoms with van der Waals surface area (Å²) in [5.41, 5.74) is 0.356. The Hall–Kier alpha value is -1.49. The van der Waals surface area contributed by atoms with Gasteiger partial charge in [-0.2, -0.15) is 4.39 Å². The van der Waals surface area contributed by atoms with Gasteiger partial charge in [-0.15, -0.1) is 0 Å². The highest BCUT2D eigenvalue weighted by atomic mass is 19.1. The van der Waals surface area contributed by atoms with Crippen molar-refractivity contribution in [1.82, 2.24) is 4.90 Å². The summed E-state index contributed by atoms with van der Waals surface area (Å²) in [5.74, 6) is -0.743. The minimum absolute atomic E-state index is 0.450. The van der Waals surface area contributed by atoms with Crippen LogP contribution in [-0.4, -0.2) is 22.4 Å². The lowest BCUT2D eigenvalue weighted by atomic mass is 9.94. The minimum Gasteiger partial charge on any atom is -0.296 e. The molecule has 0 atom stereocenters. The van der Waals surface area contributed by atoms with Crippen molar-refractivity contribution in [2.75, 3.05) is 6.54 Å². The van der Waals surface area contributed by atoms with Gasteiger partial charge in [0.15, 0.2) is 0 Å². The molecule has 0 aromatic heterocycles. The van der Waals surface area contributed by atoms with Crippen molar-refractivity contribution in [3.05, 3.63) is 39.7 Å². The van der Waals surface area contributed by atoms with Crippen molar-refractivity contribution < 1.29 is 9.31 Å². The first-order valence-electron chi connectivity index (χ1n) is 7.28. The van der Waals surface area contributed by atoms with Gasteiger partial charge < -0.3 is 0 Å². The average molecular weight is 280 g/mol. The quantitative estimate of drug-likeness (QED) is 0.607. The number of rotatable bonds is 5. The number of nitro groups is 1. The highest BCUT2D eigenvalue weighted by Gasteiger charge is 2.21. The number of hydrogen-bond acceptors (Lipinski definition) is 3. The molecule has 1 aliphatic rings. The van der Waals surface area contributed by atoms with E-state index >= 15 is 0 Å². The summed E-state index contributed by atoms with van der Waals surface area (Å²) in [6.45, 7) is 3.69. The molecule has 1 aromatic rings. The standard InChI is InChI=1S/C15H21FN2O2/c1-2-17(13-6-4-3-5-7-13)11-12-8-9-15(18(19)20)14(16)10-12/h8-10,13H,2-7,11H2,1H3. The van der Waals surface area contributed by atoms with E-state index in [9.17, 15) is 14.5 Å². The number of hydrogen-bond donors (Lipinski definition) is 0. The highest BCUT2D eigenvalue weighted by molar-refractivity contribution is 5.35. The van der Waals surface area contributed by atoms with Crippen LogP contribution in [0.4, 0.5) is 10.1 Å². The molecule has 4 nitrogen and oxygen atoms in total. The van der Waals surface area contributed by atoms with Gasteiger partial charge in [0.2, 0.25) is 5.82 Å². The van der Waals surface area contributed by atoms with Crippen LogP contribution in [-0.2, 0) is 6.54 Å². The molecule has 0 amide bonds. The maximum atomic E-state index is 13.6. The molecule has 5 heteroatoms. The fraction of sp³-hybridized carbons (Fsp3) is 0.600. The molecule has 0 aliphatic heterocycles. The molecular formula is C15H21FN2O2. The van der Waals surface area contributed by atoms with Gasteiger partial charge in [-0.05, 0) is 31.0 Å². The topological polar surface area (TPSA) is 46.4 Å². The zero-order valence-electron chi connectivity index (χ0n) is 11.8. The summed E-state index contributed by atoms with van der Waals surface area (Å²) in [6, 6.07) is 4.78. The summed E-state index contributed by atoms with van der Waals surface area (Å²) in [6.07, 6.45) is 6.22. The molecule has 110 valence electrons. The smallest absolute Gasteiger partial charge is 0.296 e. The SMILES string of the molecule is CCN(Cc1ccc([N+](=O)[O-])c(F)c1)C1CCCCC1. The summed E-state index contributed by atoms with van der Waals surface area (Å²) < 4.78 is 13.6.